The van der Waals surface area contributed by atoms with Crippen molar-refractivity contribution in [1.29, 1.82) is 0 Å². The molecule has 14 heavy (non-hydrogen) atoms. The van der Waals surface area contributed by atoms with Gasteiger partial charge in [0.05, 0.1) is 24.2 Å². The quantitative estimate of drug-likeness (QED) is 0.540. The lowest BCUT2D eigenvalue weighted by atomic mass is 10.1. The number of hydrogen-bond donors (Lipinski definition) is 3. The Kier molecular flexibility index (Phi) is 4.31. The van der Waals surface area contributed by atoms with Crippen LogP contribution < -0.4 is 5.32 Å². The van der Waals surface area contributed by atoms with Gasteiger partial charge in [0.1, 0.15) is 9.84 Å². The molecule has 1 atom stereocenters. The fraction of sp³-hybridized carbons (Fsp3) is 1.00. The summed E-state index contributed by atoms with van der Waals surface area (Å²) in [6.45, 7) is 0.0548. The summed E-state index contributed by atoms with van der Waals surface area (Å²) in [6.07, 6.45) is 0.439. The van der Waals surface area contributed by atoms with Gasteiger partial charge in [0, 0.05) is 12.6 Å². The average molecular weight is 223 g/mol. The number of hydrogen-bond acceptors (Lipinski definition) is 5. The van der Waals surface area contributed by atoms with Crippen molar-refractivity contribution in [2.24, 2.45) is 0 Å². The molecule has 1 rings (SSSR count). The first-order valence-electron chi connectivity index (χ1n) is 4.76. The molecule has 84 valence electrons. The van der Waals surface area contributed by atoms with Gasteiger partial charge in [0.25, 0.3) is 0 Å². The molecule has 0 aromatic heterocycles. The van der Waals surface area contributed by atoms with Gasteiger partial charge < -0.3 is 15.5 Å². The second-order valence-electron chi connectivity index (χ2n) is 3.67. The minimum absolute atomic E-state index is 0.153. The first-order chi connectivity index (χ1) is 6.53. The van der Waals surface area contributed by atoms with Gasteiger partial charge in [0.15, 0.2) is 0 Å². The zero-order valence-electron chi connectivity index (χ0n) is 8.02. The number of sulfone groups is 1. The minimum atomic E-state index is -2.81. The molecule has 6 heteroatoms. The van der Waals surface area contributed by atoms with Crippen LogP contribution in [0.2, 0.25) is 0 Å². The van der Waals surface area contributed by atoms with E-state index < -0.39 is 15.9 Å². The maximum absolute atomic E-state index is 11.1. The maximum atomic E-state index is 11.1. The Hall–Kier alpha value is -0.170. The van der Waals surface area contributed by atoms with Crippen molar-refractivity contribution in [2.45, 2.75) is 25.0 Å². The highest BCUT2D eigenvalue weighted by Gasteiger charge is 2.23. The Labute approximate surface area is 84.1 Å². The lowest BCUT2D eigenvalue weighted by molar-refractivity contribution is 0.0915. The van der Waals surface area contributed by atoms with E-state index in [1.54, 1.807) is 0 Å². The van der Waals surface area contributed by atoms with Gasteiger partial charge in [-0.05, 0) is 12.8 Å². The highest BCUT2D eigenvalue weighted by Crippen LogP contribution is 2.11. The summed E-state index contributed by atoms with van der Waals surface area (Å²) >= 11 is 0. The van der Waals surface area contributed by atoms with E-state index in [4.69, 9.17) is 10.2 Å². The maximum Gasteiger partial charge on any atom is 0.150 e. The van der Waals surface area contributed by atoms with Gasteiger partial charge >= 0.3 is 0 Å². The van der Waals surface area contributed by atoms with Gasteiger partial charge in [-0.1, -0.05) is 0 Å². The fourth-order valence-electron chi connectivity index (χ4n) is 1.46. The van der Waals surface area contributed by atoms with Gasteiger partial charge in [0.2, 0.25) is 0 Å². The second-order valence-corrected chi connectivity index (χ2v) is 5.97. The van der Waals surface area contributed by atoms with E-state index in [0.717, 1.165) is 0 Å². The molecule has 0 aromatic rings. The molecule has 3 N–H and O–H groups in total. The normalized spacial score (nSPS) is 24.7. The Morgan fingerprint density at radius 2 is 1.93 bits per heavy atom. The summed E-state index contributed by atoms with van der Waals surface area (Å²) in [6, 6.07) is 0.153. The molecule has 0 bridgehead atoms. The third kappa shape index (κ3) is 3.91. The first kappa shape index (κ1) is 11.9. The summed E-state index contributed by atoms with van der Waals surface area (Å²) in [5, 5.41) is 20.7. The third-order valence-electron chi connectivity index (χ3n) is 2.41. The largest absolute Gasteiger partial charge is 0.394 e. The van der Waals surface area contributed by atoms with Crippen molar-refractivity contribution in [3.05, 3.63) is 0 Å². The lowest BCUT2D eigenvalue weighted by Gasteiger charge is -2.23. The molecular formula is C8H17NO4S. The van der Waals surface area contributed by atoms with Crippen LogP contribution in [0.4, 0.5) is 0 Å². The van der Waals surface area contributed by atoms with Gasteiger partial charge in [-0.25, -0.2) is 8.42 Å². The van der Waals surface area contributed by atoms with E-state index in [1.165, 1.54) is 0 Å². The first-order valence-corrected chi connectivity index (χ1v) is 6.58. The summed E-state index contributed by atoms with van der Waals surface area (Å²) in [5.41, 5.74) is 0. The summed E-state index contributed by atoms with van der Waals surface area (Å²) in [7, 11) is -2.81. The van der Waals surface area contributed by atoms with Crippen LogP contribution in [0.3, 0.4) is 0 Å². The predicted octanol–water partition coefficient (Wildman–Crippen LogP) is -1.49. The zero-order valence-corrected chi connectivity index (χ0v) is 8.83. The Morgan fingerprint density at radius 1 is 1.36 bits per heavy atom. The lowest BCUT2D eigenvalue weighted by Crippen LogP contribution is -2.41. The second kappa shape index (κ2) is 5.06. The molecular weight excluding hydrogens is 206 g/mol. The highest BCUT2D eigenvalue weighted by molar-refractivity contribution is 7.91. The number of rotatable bonds is 4. The monoisotopic (exact) mass is 223 g/mol. The predicted molar refractivity (Wildman–Crippen MR) is 52.8 cm³/mol. The van der Waals surface area contributed by atoms with Gasteiger partial charge in [-0.15, -0.1) is 0 Å². The van der Waals surface area contributed by atoms with E-state index in [0.29, 0.717) is 19.4 Å². The van der Waals surface area contributed by atoms with Crippen LogP contribution in [-0.2, 0) is 9.84 Å². The molecule has 1 fully saturated rings. The van der Waals surface area contributed by atoms with Crippen LogP contribution in [-0.4, -0.2) is 55.4 Å². The van der Waals surface area contributed by atoms with Crippen molar-refractivity contribution in [1.82, 2.24) is 5.32 Å². The summed E-state index contributed by atoms with van der Waals surface area (Å²) in [4.78, 5) is 0. The molecule has 0 amide bonds. The number of nitrogens with one attached hydrogen (secondary N) is 1. The molecule has 1 saturated heterocycles. The Balaban J connectivity index is 2.23. The van der Waals surface area contributed by atoms with Crippen molar-refractivity contribution < 1.29 is 18.6 Å². The molecule has 1 heterocycles. The van der Waals surface area contributed by atoms with E-state index >= 15 is 0 Å². The SMILES string of the molecule is O=S1(=O)CCC(NC[C@H](O)CO)CC1. The van der Waals surface area contributed by atoms with Crippen LogP contribution in [0.25, 0.3) is 0 Å². The molecule has 0 aromatic carbocycles. The molecule has 1 aliphatic heterocycles. The van der Waals surface area contributed by atoms with Crippen molar-refractivity contribution in [2.75, 3.05) is 24.7 Å². The molecule has 5 nitrogen and oxygen atoms in total. The Morgan fingerprint density at radius 3 is 2.43 bits per heavy atom. The van der Waals surface area contributed by atoms with Gasteiger partial charge in [-0.3, -0.25) is 0 Å². The van der Waals surface area contributed by atoms with E-state index in [2.05, 4.69) is 5.32 Å². The standard InChI is InChI=1S/C8H17NO4S/c10-6-8(11)5-9-7-1-3-14(12,13)4-2-7/h7-11H,1-6H2/t8-/m0/s1. The molecule has 0 aliphatic carbocycles. The van der Waals surface area contributed by atoms with Gasteiger partial charge in [-0.2, -0.15) is 0 Å². The fourth-order valence-corrected chi connectivity index (χ4v) is 2.95. The minimum Gasteiger partial charge on any atom is -0.394 e. The summed E-state index contributed by atoms with van der Waals surface area (Å²) in [5.74, 6) is 0.444. The molecule has 0 saturated carbocycles. The van der Waals surface area contributed by atoms with Crippen LogP contribution in [0.15, 0.2) is 0 Å². The zero-order chi connectivity index (χ0) is 10.6. The van der Waals surface area contributed by atoms with Crippen molar-refractivity contribution >= 4 is 9.84 Å². The number of aliphatic hydroxyl groups excluding tert-OH is 2. The molecule has 0 radical (unpaired) electrons. The van der Waals surface area contributed by atoms with Crippen molar-refractivity contribution in [3.8, 4) is 0 Å². The molecule has 0 unspecified atom stereocenters. The van der Waals surface area contributed by atoms with E-state index in [-0.39, 0.29) is 24.2 Å². The topological polar surface area (TPSA) is 86.6 Å². The third-order valence-corrected chi connectivity index (χ3v) is 4.12. The summed E-state index contributed by atoms with van der Waals surface area (Å²) < 4.78 is 22.1. The van der Waals surface area contributed by atoms with E-state index in [9.17, 15) is 8.42 Å². The number of aliphatic hydroxyl groups is 2. The van der Waals surface area contributed by atoms with E-state index in [1.807, 2.05) is 0 Å². The van der Waals surface area contributed by atoms with Crippen molar-refractivity contribution in [3.63, 3.8) is 0 Å². The van der Waals surface area contributed by atoms with Crippen LogP contribution >= 0.6 is 0 Å². The Bertz CT molecular complexity index is 251. The van der Waals surface area contributed by atoms with Crippen LogP contribution in [0.1, 0.15) is 12.8 Å². The average Bonchev–Trinajstić information content (AvgIpc) is 2.16. The highest BCUT2D eigenvalue weighted by atomic mass is 32.2. The molecule has 0 spiro atoms. The van der Waals surface area contributed by atoms with Crippen LogP contribution in [0, 0.1) is 0 Å². The molecule has 1 aliphatic rings. The van der Waals surface area contributed by atoms with Crippen LogP contribution in [0.5, 0.6) is 0 Å². The smallest absolute Gasteiger partial charge is 0.150 e.